The number of aryl methyl sites for hydroxylation is 2. The van der Waals surface area contributed by atoms with Gasteiger partial charge in [-0.25, -0.2) is 0 Å². The molecule has 1 atom stereocenters. The molecule has 0 aliphatic heterocycles. The Morgan fingerprint density at radius 1 is 1.12 bits per heavy atom. The molecule has 2 aromatic carbocycles. The van der Waals surface area contributed by atoms with Crippen LogP contribution in [0.2, 0.25) is 0 Å². The fraction of sp³-hybridized carbons (Fsp3) is 0.222. The van der Waals surface area contributed by atoms with Crippen molar-refractivity contribution in [3.05, 3.63) is 59.7 Å². The third-order valence-electron chi connectivity index (χ3n) is 3.62. The summed E-state index contributed by atoms with van der Waals surface area (Å²) in [6, 6.07) is 15.6. The zero-order valence-electron chi connectivity index (χ0n) is 14.3. The first-order valence-corrected chi connectivity index (χ1v) is 8.80. The van der Waals surface area contributed by atoms with E-state index >= 15 is 0 Å². The predicted octanol–water partition coefficient (Wildman–Crippen LogP) is 3.40. The SMILES string of the molecule is Cc1cccc(NC(=O)[C@H](C)Sc2nnnn2-c2cccc(C)c2)c1. The van der Waals surface area contributed by atoms with Crippen LogP contribution in [0.1, 0.15) is 18.1 Å². The van der Waals surface area contributed by atoms with Crippen LogP contribution in [0.25, 0.3) is 5.69 Å². The van der Waals surface area contributed by atoms with Gasteiger partial charge in [-0.15, -0.1) is 5.10 Å². The summed E-state index contributed by atoms with van der Waals surface area (Å²) in [5, 5.41) is 15.0. The van der Waals surface area contributed by atoms with Crippen LogP contribution in [-0.2, 0) is 4.79 Å². The number of anilines is 1. The molecule has 6 nitrogen and oxygen atoms in total. The van der Waals surface area contributed by atoms with Crippen molar-refractivity contribution in [3.63, 3.8) is 0 Å². The van der Waals surface area contributed by atoms with Crippen LogP contribution >= 0.6 is 11.8 Å². The number of hydrogen-bond donors (Lipinski definition) is 1. The lowest BCUT2D eigenvalue weighted by Gasteiger charge is -2.12. The molecule has 128 valence electrons. The van der Waals surface area contributed by atoms with Gasteiger partial charge in [-0.2, -0.15) is 4.68 Å². The number of hydrogen-bond acceptors (Lipinski definition) is 5. The number of aromatic nitrogens is 4. The Kier molecular flexibility index (Phi) is 5.14. The number of thioether (sulfide) groups is 1. The number of tetrazole rings is 1. The van der Waals surface area contributed by atoms with Crippen molar-refractivity contribution in [3.8, 4) is 5.69 Å². The summed E-state index contributed by atoms with van der Waals surface area (Å²) in [5.41, 5.74) is 3.88. The third kappa shape index (κ3) is 4.24. The van der Waals surface area contributed by atoms with Crippen LogP contribution in [0, 0.1) is 13.8 Å². The first kappa shape index (κ1) is 17.2. The first-order chi connectivity index (χ1) is 12.0. The van der Waals surface area contributed by atoms with Gasteiger partial charge < -0.3 is 5.32 Å². The maximum absolute atomic E-state index is 12.4. The Labute approximate surface area is 150 Å². The van der Waals surface area contributed by atoms with E-state index < -0.39 is 0 Å². The molecule has 0 saturated heterocycles. The molecule has 0 fully saturated rings. The normalized spacial score (nSPS) is 12.0. The minimum atomic E-state index is -0.338. The number of nitrogens with one attached hydrogen (secondary N) is 1. The van der Waals surface area contributed by atoms with Crippen molar-refractivity contribution in [2.45, 2.75) is 31.2 Å². The van der Waals surface area contributed by atoms with Gasteiger partial charge in [0.2, 0.25) is 11.1 Å². The lowest BCUT2D eigenvalue weighted by atomic mass is 10.2. The molecule has 0 aliphatic rings. The Bertz CT molecular complexity index is 892. The molecule has 1 amide bonds. The number of benzene rings is 2. The minimum Gasteiger partial charge on any atom is -0.325 e. The van der Waals surface area contributed by atoms with Crippen molar-refractivity contribution >= 4 is 23.4 Å². The van der Waals surface area contributed by atoms with E-state index in [-0.39, 0.29) is 11.2 Å². The Morgan fingerprint density at radius 2 is 1.84 bits per heavy atom. The minimum absolute atomic E-state index is 0.0885. The van der Waals surface area contributed by atoms with E-state index in [2.05, 4.69) is 20.8 Å². The molecule has 3 aromatic rings. The summed E-state index contributed by atoms with van der Waals surface area (Å²) in [6.07, 6.45) is 0. The standard InChI is InChI=1S/C18H19N5OS/c1-12-6-4-8-15(10-12)19-17(24)14(3)25-18-20-21-22-23(18)16-9-5-7-13(2)11-16/h4-11,14H,1-3H3,(H,19,24)/t14-/m0/s1. The second kappa shape index (κ2) is 7.48. The van der Waals surface area contributed by atoms with Gasteiger partial charge >= 0.3 is 0 Å². The Balaban J connectivity index is 1.72. The van der Waals surface area contributed by atoms with Gasteiger partial charge in [0.25, 0.3) is 0 Å². The van der Waals surface area contributed by atoms with E-state index in [4.69, 9.17) is 0 Å². The smallest absolute Gasteiger partial charge is 0.237 e. The summed E-state index contributed by atoms with van der Waals surface area (Å²) in [6.45, 7) is 5.84. The van der Waals surface area contributed by atoms with E-state index in [0.717, 1.165) is 22.5 Å². The zero-order chi connectivity index (χ0) is 17.8. The molecule has 1 N–H and O–H groups in total. The van der Waals surface area contributed by atoms with Gasteiger partial charge in [0.15, 0.2) is 0 Å². The fourth-order valence-corrected chi connectivity index (χ4v) is 3.16. The lowest BCUT2D eigenvalue weighted by Crippen LogP contribution is -2.23. The van der Waals surface area contributed by atoms with Gasteiger partial charge in [-0.05, 0) is 66.6 Å². The van der Waals surface area contributed by atoms with Crippen LogP contribution in [0.5, 0.6) is 0 Å². The Morgan fingerprint density at radius 3 is 2.56 bits per heavy atom. The summed E-state index contributed by atoms with van der Waals surface area (Å²) in [5.74, 6) is -0.0885. The van der Waals surface area contributed by atoms with Gasteiger partial charge in [0, 0.05) is 5.69 Å². The highest BCUT2D eigenvalue weighted by atomic mass is 32.2. The van der Waals surface area contributed by atoms with Gasteiger partial charge in [-0.3, -0.25) is 4.79 Å². The van der Waals surface area contributed by atoms with Crippen molar-refractivity contribution in [1.82, 2.24) is 20.2 Å². The highest BCUT2D eigenvalue weighted by Crippen LogP contribution is 2.24. The zero-order valence-corrected chi connectivity index (χ0v) is 15.1. The monoisotopic (exact) mass is 353 g/mol. The molecule has 3 rings (SSSR count). The number of rotatable bonds is 5. The summed E-state index contributed by atoms with van der Waals surface area (Å²) < 4.78 is 1.65. The van der Waals surface area contributed by atoms with Gasteiger partial charge in [0.05, 0.1) is 10.9 Å². The largest absolute Gasteiger partial charge is 0.325 e. The van der Waals surface area contributed by atoms with Crippen LogP contribution in [0.4, 0.5) is 5.69 Å². The van der Waals surface area contributed by atoms with Crippen LogP contribution in [0.3, 0.4) is 0 Å². The summed E-state index contributed by atoms with van der Waals surface area (Å²) in [4.78, 5) is 12.4. The quantitative estimate of drug-likeness (QED) is 0.712. The van der Waals surface area contributed by atoms with E-state index in [1.807, 2.05) is 69.3 Å². The average Bonchev–Trinajstić information content (AvgIpc) is 3.03. The molecule has 0 bridgehead atoms. The second-order valence-electron chi connectivity index (χ2n) is 5.83. The maximum Gasteiger partial charge on any atom is 0.237 e. The topological polar surface area (TPSA) is 72.7 Å². The molecule has 7 heteroatoms. The predicted molar refractivity (Wildman–Crippen MR) is 99.0 cm³/mol. The Hall–Kier alpha value is -2.67. The van der Waals surface area contributed by atoms with Crippen molar-refractivity contribution < 1.29 is 4.79 Å². The highest BCUT2D eigenvalue weighted by molar-refractivity contribution is 8.00. The van der Waals surface area contributed by atoms with Crippen molar-refractivity contribution in [1.29, 1.82) is 0 Å². The fourth-order valence-electron chi connectivity index (χ4n) is 2.35. The van der Waals surface area contributed by atoms with Crippen molar-refractivity contribution in [2.24, 2.45) is 0 Å². The van der Waals surface area contributed by atoms with E-state index in [9.17, 15) is 4.79 Å². The molecule has 25 heavy (non-hydrogen) atoms. The molecule has 0 radical (unpaired) electrons. The number of amides is 1. The molecule has 1 aromatic heterocycles. The van der Waals surface area contributed by atoms with Crippen molar-refractivity contribution in [2.75, 3.05) is 5.32 Å². The summed E-state index contributed by atoms with van der Waals surface area (Å²) in [7, 11) is 0. The third-order valence-corrected chi connectivity index (χ3v) is 4.66. The average molecular weight is 353 g/mol. The number of nitrogens with zero attached hydrogens (tertiary/aromatic N) is 4. The highest BCUT2D eigenvalue weighted by Gasteiger charge is 2.19. The van der Waals surface area contributed by atoms with Gasteiger partial charge in [-0.1, -0.05) is 36.0 Å². The lowest BCUT2D eigenvalue weighted by molar-refractivity contribution is -0.115. The maximum atomic E-state index is 12.4. The first-order valence-electron chi connectivity index (χ1n) is 7.92. The van der Waals surface area contributed by atoms with E-state index in [1.165, 1.54) is 11.8 Å². The van der Waals surface area contributed by atoms with Gasteiger partial charge in [0.1, 0.15) is 0 Å². The number of carbonyl (C=O) groups is 1. The van der Waals surface area contributed by atoms with Crippen LogP contribution in [-0.4, -0.2) is 31.4 Å². The van der Waals surface area contributed by atoms with E-state index in [1.54, 1.807) is 4.68 Å². The molecule has 0 aliphatic carbocycles. The number of carbonyl (C=O) groups excluding carboxylic acids is 1. The van der Waals surface area contributed by atoms with E-state index in [0.29, 0.717) is 5.16 Å². The molecule has 0 spiro atoms. The molecule has 1 heterocycles. The summed E-state index contributed by atoms with van der Waals surface area (Å²) >= 11 is 1.32. The molecular weight excluding hydrogens is 334 g/mol. The molecule has 0 unspecified atom stereocenters. The van der Waals surface area contributed by atoms with Crippen LogP contribution in [0.15, 0.2) is 53.7 Å². The molecule has 0 saturated carbocycles. The molecular formula is C18H19N5OS. The van der Waals surface area contributed by atoms with Crippen LogP contribution < -0.4 is 5.32 Å². The second-order valence-corrected chi connectivity index (χ2v) is 7.14.